The molecule has 3 aliphatic rings. The highest BCUT2D eigenvalue weighted by Crippen LogP contribution is 2.40. The molecule has 4 rings (SSSR count). The lowest BCUT2D eigenvalue weighted by Gasteiger charge is -2.44. The van der Waals surface area contributed by atoms with Gasteiger partial charge in [-0.05, 0) is 50.5 Å². The van der Waals surface area contributed by atoms with Crippen LogP contribution in [0.5, 0.6) is 0 Å². The number of likely N-dealkylation sites (tertiary alicyclic amines) is 2. The number of amides is 4. The average molecular weight is 497 g/mol. The largest absolute Gasteiger partial charge is 0.342 e. The highest BCUT2D eigenvalue weighted by Gasteiger charge is 2.58. The van der Waals surface area contributed by atoms with Gasteiger partial charge in [0.05, 0.1) is 0 Å². The highest BCUT2D eigenvalue weighted by atomic mass is 16.2. The number of hydrogen-bond donors (Lipinski definition) is 0. The van der Waals surface area contributed by atoms with Crippen molar-refractivity contribution in [2.24, 2.45) is 11.3 Å². The Labute approximate surface area is 216 Å². The molecule has 1 spiro atoms. The van der Waals surface area contributed by atoms with E-state index in [0.717, 1.165) is 32.7 Å². The fourth-order valence-corrected chi connectivity index (χ4v) is 6.54. The van der Waals surface area contributed by atoms with Gasteiger partial charge in [-0.25, -0.2) is 4.79 Å². The van der Waals surface area contributed by atoms with Gasteiger partial charge in [-0.2, -0.15) is 0 Å². The zero-order chi connectivity index (χ0) is 26.3. The summed E-state index contributed by atoms with van der Waals surface area (Å²) in [4.78, 5) is 47.3. The Morgan fingerprint density at radius 3 is 2.25 bits per heavy atom. The molecule has 0 saturated carbocycles. The Hall–Kier alpha value is -2.41. The van der Waals surface area contributed by atoms with E-state index in [1.54, 1.807) is 0 Å². The molecule has 1 aromatic carbocycles. The molecule has 0 radical (unpaired) electrons. The van der Waals surface area contributed by atoms with Crippen LogP contribution in [0.1, 0.15) is 72.3 Å². The standard InChI is InChI=1S/C29H44N4O3/c1-7-32-26(35)29(33(21(2)3)27(32)36)13-15-30(16-14-29)18-23-19-31(25(34)17-28(4,5)6)20-24(23)22-11-9-8-10-12-22/h8-12,21,23-24H,7,13-20H2,1-6H3/t23-,24+/m0/s1. The summed E-state index contributed by atoms with van der Waals surface area (Å²) in [7, 11) is 0. The van der Waals surface area contributed by atoms with Crippen molar-refractivity contribution in [2.75, 3.05) is 39.3 Å². The zero-order valence-corrected chi connectivity index (χ0v) is 23.0. The minimum absolute atomic E-state index is 0.00997. The average Bonchev–Trinajstić information content (AvgIpc) is 3.32. The van der Waals surface area contributed by atoms with Crippen molar-refractivity contribution in [3.05, 3.63) is 35.9 Å². The molecule has 198 valence electrons. The van der Waals surface area contributed by atoms with E-state index < -0.39 is 5.54 Å². The van der Waals surface area contributed by atoms with Crippen molar-refractivity contribution in [2.45, 2.75) is 78.3 Å². The van der Waals surface area contributed by atoms with Gasteiger partial charge in [0.15, 0.2) is 0 Å². The first-order chi connectivity index (χ1) is 17.0. The van der Waals surface area contributed by atoms with Gasteiger partial charge >= 0.3 is 6.03 Å². The van der Waals surface area contributed by atoms with Gasteiger partial charge in [-0.3, -0.25) is 14.5 Å². The van der Waals surface area contributed by atoms with Crippen molar-refractivity contribution < 1.29 is 14.4 Å². The van der Waals surface area contributed by atoms with E-state index in [2.05, 4.69) is 54.8 Å². The predicted octanol–water partition coefficient (Wildman–Crippen LogP) is 4.19. The SMILES string of the molecule is CCN1C(=O)N(C(C)C)C2(CCN(C[C@H]3CN(C(=O)CC(C)(C)C)C[C@@H]3c3ccccc3)CC2)C1=O. The fourth-order valence-electron chi connectivity index (χ4n) is 6.54. The summed E-state index contributed by atoms with van der Waals surface area (Å²) in [6.45, 7) is 16.7. The van der Waals surface area contributed by atoms with Crippen molar-refractivity contribution >= 4 is 17.8 Å². The summed E-state index contributed by atoms with van der Waals surface area (Å²) >= 11 is 0. The van der Waals surface area contributed by atoms with Crippen LogP contribution in [-0.4, -0.2) is 88.3 Å². The van der Waals surface area contributed by atoms with Crippen LogP contribution in [-0.2, 0) is 9.59 Å². The predicted molar refractivity (Wildman–Crippen MR) is 141 cm³/mol. The molecule has 36 heavy (non-hydrogen) atoms. The lowest BCUT2D eigenvalue weighted by Crippen LogP contribution is -2.58. The van der Waals surface area contributed by atoms with Gasteiger partial charge in [0.1, 0.15) is 5.54 Å². The molecule has 0 N–H and O–H groups in total. The molecule has 3 fully saturated rings. The second kappa shape index (κ2) is 10.2. The zero-order valence-electron chi connectivity index (χ0n) is 23.0. The molecule has 7 heteroatoms. The molecule has 3 heterocycles. The Kier molecular flexibility index (Phi) is 7.52. The summed E-state index contributed by atoms with van der Waals surface area (Å²) in [5, 5.41) is 0. The van der Waals surface area contributed by atoms with Crippen molar-refractivity contribution in [3.8, 4) is 0 Å². The monoisotopic (exact) mass is 496 g/mol. The summed E-state index contributed by atoms with van der Waals surface area (Å²) in [5.74, 6) is 0.874. The van der Waals surface area contributed by atoms with Crippen LogP contribution in [0.25, 0.3) is 0 Å². The number of carbonyl (C=O) groups excluding carboxylic acids is 3. The van der Waals surface area contributed by atoms with E-state index in [9.17, 15) is 14.4 Å². The summed E-state index contributed by atoms with van der Waals surface area (Å²) in [6.07, 6.45) is 1.89. The minimum atomic E-state index is -0.707. The van der Waals surface area contributed by atoms with Crippen LogP contribution in [0.15, 0.2) is 30.3 Å². The maximum atomic E-state index is 13.4. The molecule has 3 aliphatic heterocycles. The number of imide groups is 1. The van der Waals surface area contributed by atoms with Crippen molar-refractivity contribution in [1.82, 2.24) is 19.6 Å². The van der Waals surface area contributed by atoms with E-state index in [4.69, 9.17) is 0 Å². The quantitative estimate of drug-likeness (QED) is 0.554. The number of piperidine rings is 1. The smallest absolute Gasteiger partial charge is 0.327 e. The molecular formula is C29H44N4O3. The molecule has 0 bridgehead atoms. The molecule has 1 aromatic rings. The number of likely N-dealkylation sites (N-methyl/N-ethyl adjacent to an activating group) is 1. The second-order valence-corrected chi connectivity index (χ2v) is 12.4. The number of rotatable bonds is 6. The minimum Gasteiger partial charge on any atom is -0.342 e. The highest BCUT2D eigenvalue weighted by molar-refractivity contribution is 6.07. The van der Waals surface area contributed by atoms with Gasteiger partial charge < -0.3 is 14.7 Å². The van der Waals surface area contributed by atoms with E-state index in [1.807, 2.05) is 31.7 Å². The summed E-state index contributed by atoms with van der Waals surface area (Å²) in [5.41, 5.74) is 0.558. The molecule has 0 unspecified atom stereocenters. The molecule has 0 aromatic heterocycles. The van der Waals surface area contributed by atoms with Gasteiger partial charge in [0.25, 0.3) is 5.91 Å². The maximum absolute atomic E-state index is 13.4. The Balaban J connectivity index is 1.47. The first-order valence-electron chi connectivity index (χ1n) is 13.7. The van der Waals surface area contributed by atoms with Crippen LogP contribution in [0.2, 0.25) is 0 Å². The van der Waals surface area contributed by atoms with Gasteiger partial charge in [0.2, 0.25) is 5.91 Å². The molecule has 3 saturated heterocycles. The van der Waals surface area contributed by atoms with Crippen molar-refractivity contribution in [1.29, 1.82) is 0 Å². The summed E-state index contributed by atoms with van der Waals surface area (Å²) < 4.78 is 0. The van der Waals surface area contributed by atoms with Crippen LogP contribution in [0, 0.1) is 11.3 Å². The lowest BCUT2D eigenvalue weighted by atomic mass is 9.83. The number of urea groups is 1. The molecule has 0 aliphatic carbocycles. The van der Waals surface area contributed by atoms with E-state index in [0.29, 0.717) is 37.6 Å². The van der Waals surface area contributed by atoms with E-state index in [-0.39, 0.29) is 29.3 Å². The maximum Gasteiger partial charge on any atom is 0.327 e. The van der Waals surface area contributed by atoms with E-state index in [1.165, 1.54) is 10.5 Å². The third-order valence-electron chi connectivity index (χ3n) is 8.25. The summed E-state index contributed by atoms with van der Waals surface area (Å²) in [6, 6.07) is 10.4. The van der Waals surface area contributed by atoms with Crippen LogP contribution in [0.3, 0.4) is 0 Å². The third kappa shape index (κ3) is 5.04. The van der Waals surface area contributed by atoms with Gasteiger partial charge in [-0.1, -0.05) is 51.1 Å². The Bertz CT molecular complexity index is 962. The molecular weight excluding hydrogens is 452 g/mol. The Morgan fingerprint density at radius 2 is 1.69 bits per heavy atom. The van der Waals surface area contributed by atoms with Gasteiger partial charge in [0, 0.05) is 57.6 Å². The first-order valence-corrected chi connectivity index (χ1v) is 13.7. The topological polar surface area (TPSA) is 64.2 Å². The fraction of sp³-hybridized carbons (Fsp3) is 0.690. The third-order valence-corrected chi connectivity index (χ3v) is 8.25. The van der Waals surface area contributed by atoms with E-state index >= 15 is 0 Å². The molecule has 2 atom stereocenters. The normalized spacial score (nSPS) is 25.0. The van der Waals surface area contributed by atoms with Crippen LogP contribution in [0.4, 0.5) is 4.79 Å². The number of nitrogens with zero attached hydrogens (tertiary/aromatic N) is 4. The first kappa shape index (κ1) is 26.6. The van der Waals surface area contributed by atoms with Gasteiger partial charge in [-0.15, -0.1) is 0 Å². The lowest BCUT2D eigenvalue weighted by molar-refractivity contribution is -0.136. The molecule has 7 nitrogen and oxygen atoms in total. The Morgan fingerprint density at radius 1 is 1.06 bits per heavy atom. The second-order valence-electron chi connectivity index (χ2n) is 12.4. The number of benzene rings is 1. The molecule has 4 amide bonds. The van der Waals surface area contributed by atoms with Crippen LogP contribution < -0.4 is 0 Å². The van der Waals surface area contributed by atoms with Crippen LogP contribution >= 0.6 is 0 Å². The van der Waals surface area contributed by atoms with Crippen molar-refractivity contribution in [3.63, 3.8) is 0 Å². The number of carbonyl (C=O) groups is 3. The number of hydrogen-bond acceptors (Lipinski definition) is 4.